The standard InChI is InChI=1S/C28H27FN4O2/c1-35-19-21-6-2-8-23(15-21)26-11-10-25(28(34)32-18-22-7-4-13-30-17-22)27(33-26)31-14-12-20-5-3-9-24(29)16-20/h2-11,13,15-17H,12,14,18-19H2,1H3,(H,31,33)(H,32,34). The Bertz CT molecular complexity index is 1280. The van der Waals surface area contributed by atoms with Gasteiger partial charge in [-0.2, -0.15) is 0 Å². The quantitative estimate of drug-likeness (QED) is 0.341. The summed E-state index contributed by atoms with van der Waals surface area (Å²) in [4.78, 5) is 21.9. The van der Waals surface area contributed by atoms with Gasteiger partial charge in [-0.1, -0.05) is 36.4 Å². The number of ether oxygens (including phenoxy) is 1. The topological polar surface area (TPSA) is 76.1 Å². The Morgan fingerprint density at radius 2 is 1.80 bits per heavy atom. The van der Waals surface area contributed by atoms with E-state index < -0.39 is 0 Å². The van der Waals surface area contributed by atoms with Gasteiger partial charge in [0.1, 0.15) is 11.6 Å². The first-order chi connectivity index (χ1) is 17.1. The molecule has 7 heteroatoms. The molecule has 0 bridgehead atoms. The van der Waals surface area contributed by atoms with Gasteiger partial charge in [0.25, 0.3) is 5.91 Å². The van der Waals surface area contributed by atoms with E-state index in [9.17, 15) is 9.18 Å². The van der Waals surface area contributed by atoms with Crippen LogP contribution in [0.1, 0.15) is 27.0 Å². The molecule has 0 atom stereocenters. The van der Waals surface area contributed by atoms with Gasteiger partial charge in [0.05, 0.1) is 17.9 Å². The predicted octanol–water partition coefficient (Wildman–Crippen LogP) is 5.01. The number of carbonyl (C=O) groups is 1. The Hall–Kier alpha value is -4.10. The van der Waals surface area contributed by atoms with Crippen LogP contribution in [0.15, 0.2) is 85.2 Å². The van der Waals surface area contributed by atoms with E-state index in [0.717, 1.165) is 27.9 Å². The van der Waals surface area contributed by atoms with Crippen molar-refractivity contribution in [1.82, 2.24) is 15.3 Å². The zero-order valence-corrected chi connectivity index (χ0v) is 19.5. The Morgan fingerprint density at radius 1 is 0.971 bits per heavy atom. The van der Waals surface area contributed by atoms with Crippen molar-refractivity contribution in [2.75, 3.05) is 19.0 Å². The molecule has 0 saturated heterocycles. The average Bonchev–Trinajstić information content (AvgIpc) is 2.88. The highest BCUT2D eigenvalue weighted by Gasteiger charge is 2.15. The number of anilines is 1. The third-order valence-corrected chi connectivity index (χ3v) is 5.44. The molecule has 6 nitrogen and oxygen atoms in total. The van der Waals surface area contributed by atoms with Crippen LogP contribution >= 0.6 is 0 Å². The van der Waals surface area contributed by atoms with Crippen LogP contribution in [0.5, 0.6) is 0 Å². The molecule has 0 unspecified atom stereocenters. The summed E-state index contributed by atoms with van der Waals surface area (Å²) >= 11 is 0. The SMILES string of the molecule is COCc1cccc(-c2ccc(C(=O)NCc3cccnc3)c(NCCc3cccc(F)c3)n2)c1. The third kappa shape index (κ3) is 6.71. The van der Waals surface area contributed by atoms with Crippen LogP contribution in [0.25, 0.3) is 11.3 Å². The Kier molecular flexibility index (Phi) is 8.14. The first kappa shape index (κ1) is 24.0. The molecule has 1 amide bonds. The lowest BCUT2D eigenvalue weighted by atomic mass is 10.1. The molecule has 2 heterocycles. The van der Waals surface area contributed by atoms with E-state index in [2.05, 4.69) is 15.6 Å². The molecular weight excluding hydrogens is 443 g/mol. The number of pyridine rings is 2. The van der Waals surface area contributed by atoms with Crippen molar-refractivity contribution in [3.8, 4) is 11.3 Å². The third-order valence-electron chi connectivity index (χ3n) is 5.44. The highest BCUT2D eigenvalue weighted by molar-refractivity contribution is 5.99. The van der Waals surface area contributed by atoms with Crippen LogP contribution in [0.2, 0.25) is 0 Å². The van der Waals surface area contributed by atoms with Crippen LogP contribution in [0.4, 0.5) is 10.2 Å². The summed E-state index contributed by atoms with van der Waals surface area (Å²) in [6.45, 7) is 1.35. The number of nitrogens with one attached hydrogen (secondary N) is 2. The van der Waals surface area contributed by atoms with Gasteiger partial charge < -0.3 is 15.4 Å². The van der Waals surface area contributed by atoms with Crippen LogP contribution in [0, 0.1) is 5.82 Å². The number of hydrogen-bond donors (Lipinski definition) is 2. The fourth-order valence-corrected chi connectivity index (χ4v) is 3.72. The van der Waals surface area contributed by atoms with Crippen molar-refractivity contribution in [3.63, 3.8) is 0 Å². The molecule has 0 radical (unpaired) electrons. The van der Waals surface area contributed by atoms with Crippen molar-refractivity contribution in [3.05, 3.63) is 113 Å². The summed E-state index contributed by atoms with van der Waals surface area (Å²) in [5.41, 5.74) is 4.90. The second kappa shape index (κ2) is 11.9. The molecule has 2 aromatic heterocycles. The molecule has 0 fully saturated rings. The van der Waals surface area contributed by atoms with E-state index in [1.54, 1.807) is 31.6 Å². The van der Waals surface area contributed by atoms with Gasteiger partial charge >= 0.3 is 0 Å². The van der Waals surface area contributed by atoms with Gasteiger partial charge in [-0.05, 0) is 59.5 Å². The van der Waals surface area contributed by atoms with E-state index in [1.807, 2.05) is 48.5 Å². The van der Waals surface area contributed by atoms with Gasteiger partial charge in [0, 0.05) is 38.2 Å². The Labute approximate surface area is 204 Å². The van der Waals surface area contributed by atoms with E-state index in [-0.39, 0.29) is 11.7 Å². The maximum absolute atomic E-state index is 13.5. The molecule has 178 valence electrons. The van der Waals surface area contributed by atoms with Gasteiger partial charge in [-0.25, -0.2) is 9.37 Å². The van der Waals surface area contributed by atoms with Gasteiger partial charge in [-0.3, -0.25) is 9.78 Å². The zero-order valence-electron chi connectivity index (χ0n) is 19.5. The van der Waals surface area contributed by atoms with Gasteiger partial charge in [0.15, 0.2) is 0 Å². The summed E-state index contributed by atoms with van der Waals surface area (Å²) in [7, 11) is 1.66. The lowest BCUT2D eigenvalue weighted by Crippen LogP contribution is -2.24. The second-order valence-corrected chi connectivity index (χ2v) is 8.08. The minimum absolute atomic E-state index is 0.241. The number of aromatic nitrogens is 2. The maximum Gasteiger partial charge on any atom is 0.255 e. The summed E-state index contributed by atoms with van der Waals surface area (Å²) in [6, 6.07) is 21.8. The van der Waals surface area contributed by atoms with E-state index in [0.29, 0.717) is 37.5 Å². The molecule has 0 spiro atoms. The first-order valence-corrected chi connectivity index (χ1v) is 11.4. The number of carbonyl (C=O) groups excluding carboxylic acids is 1. The van der Waals surface area contributed by atoms with Crippen molar-refractivity contribution >= 4 is 11.7 Å². The highest BCUT2D eigenvalue weighted by atomic mass is 19.1. The molecular formula is C28H27FN4O2. The Morgan fingerprint density at radius 3 is 2.60 bits per heavy atom. The second-order valence-electron chi connectivity index (χ2n) is 8.08. The van der Waals surface area contributed by atoms with E-state index in [4.69, 9.17) is 9.72 Å². The average molecular weight is 471 g/mol. The highest BCUT2D eigenvalue weighted by Crippen LogP contribution is 2.23. The summed E-state index contributed by atoms with van der Waals surface area (Å²) < 4.78 is 18.8. The van der Waals surface area contributed by atoms with Crippen molar-refractivity contribution in [1.29, 1.82) is 0 Å². The van der Waals surface area contributed by atoms with Crippen LogP contribution in [0.3, 0.4) is 0 Å². The number of amides is 1. The molecule has 4 aromatic rings. The van der Waals surface area contributed by atoms with Gasteiger partial charge in [-0.15, -0.1) is 0 Å². The Balaban J connectivity index is 1.56. The summed E-state index contributed by atoms with van der Waals surface area (Å²) in [5.74, 6) is -0.0388. The lowest BCUT2D eigenvalue weighted by Gasteiger charge is -2.14. The number of nitrogens with zero attached hydrogens (tertiary/aromatic N) is 2. The maximum atomic E-state index is 13.5. The molecule has 2 N–H and O–H groups in total. The summed E-state index contributed by atoms with van der Waals surface area (Å²) in [6.07, 6.45) is 3.99. The van der Waals surface area contributed by atoms with Crippen molar-refractivity contribution in [2.45, 2.75) is 19.6 Å². The molecule has 4 rings (SSSR count). The molecule has 2 aromatic carbocycles. The minimum atomic E-state index is -0.269. The van der Waals surface area contributed by atoms with Crippen LogP contribution in [-0.2, 0) is 24.3 Å². The molecule has 0 saturated carbocycles. The number of benzene rings is 2. The van der Waals surface area contributed by atoms with Gasteiger partial charge in [0.2, 0.25) is 0 Å². The molecule has 0 aliphatic rings. The fourth-order valence-electron chi connectivity index (χ4n) is 3.72. The molecule has 0 aliphatic carbocycles. The van der Waals surface area contributed by atoms with E-state index >= 15 is 0 Å². The van der Waals surface area contributed by atoms with Crippen LogP contribution in [-0.4, -0.2) is 29.5 Å². The lowest BCUT2D eigenvalue weighted by molar-refractivity contribution is 0.0951. The molecule has 35 heavy (non-hydrogen) atoms. The number of methoxy groups -OCH3 is 1. The smallest absolute Gasteiger partial charge is 0.255 e. The molecule has 0 aliphatic heterocycles. The van der Waals surface area contributed by atoms with Crippen molar-refractivity contribution < 1.29 is 13.9 Å². The largest absolute Gasteiger partial charge is 0.380 e. The monoisotopic (exact) mass is 470 g/mol. The number of rotatable bonds is 10. The predicted molar refractivity (Wildman–Crippen MR) is 134 cm³/mol. The first-order valence-electron chi connectivity index (χ1n) is 11.4. The zero-order chi connectivity index (χ0) is 24.5. The minimum Gasteiger partial charge on any atom is -0.380 e. The number of halogens is 1. The van der Waals surface area contributed by atoms with Crippen LogP contribution < -0.4 is 10.6 Å². The van der Waals surface area contributed by atoms with Crippen molar-refractivity contribution in [2.24, 2.45) is 0 Å². The van der Waals surface area contributed by atoms with E-state index in [1.165, 1.54) is 12.1 Å². The fraction of sp³-hybridized carbons (Fsp3) is 0.179. The summed E-state index contributed by atoms with van der Waals surface area (Å²) in [5, 5.41) is 6.21. The normalized spacial score (nSPS) is 10.7. The number of hydrogen-bond acceptors (Lipinski definition) is 5.